The van der Waals surface area contributed by atoms with E-state index >= 15 is 0 Å². The average molecular weight is 325 g/mol. The summed E-state index contributed by atoms with van der Waals surface area (Å²) in [5.41, 5.74) is -1.65. The Kier molecular flexibility index (Phi) is 4.58. The van der Waals surface area contributed by atoms with E-state index in [-0.39, 0.29) is 23.3 Å². The number of carbonyl (C=O) groups is 1. The Hall–Kier alpha value is -2.57. The molecule has 2 aromatic rings. The zero-order valence-corrected chi connectivity index (χ0v) is 12.5. The number of hydrogen-bond donors (Lipinski definition) is 0. The molecule has 0 radical (unpaired) electrons. The summed E-state index contributed by atoms with van der Waals surface area (Å²) in [4.78, 5) is 24.2. The molecule has 7 heteroatoms. The van der Waals surface area contributed by atoms with Crippen molar-refractivity contribution in [3.8, 4) is 11.1 Å². The molecule has 23 heavy (non-hydrogen) atoms. The molecule has 1 heterocycles. The number of carbonyl (C=O) groups excluding carboxylic acids is 1. The number of nitrogens with zero attached hydrogens (tertiary/aromatic N) is 1. The van der Waals surface area contributed by atoms with Crippen molar-refractivity contribution in [3.05, 3.63) is 58.0 Å². The molecule has 0 saturated heterocycles. The third kappa shape index (κ3) is 3.61. The fourth-order valence-electron chi connectivity index (χ4n) is 2.13. The van der Waals surface area contributed by atoms with Gasteiger partial charge in [-0.25, -0.2) is 4.79 Å². The molecule has 0 fully saturated rings. The van der Waals surface area contributed by atoms with Crippen molar-refractivity contribution < 1.29 is 22.7 Å². The molecular formula is C16H14F3NO3. The molecule has 0 amide bonds. The van der Waals surface area contributed by atoms with Crippen molar-refractivity contribution in [2.45, 2.75) is 13.1 Å². The maximum absolute atomic E-state index is 12.8. The molecule has 0 atom stereocenters. The lowest BCUT2D eigenvalue weighted by atomic mass is 10.0. The fourth-order valence-corrected chi connectivity index (χ4v) is 2.13. The van der Waals surface area contributed by atoms with Gasteiger partial charge in [-0.3, -0.25) is 4.79 Å². The number of alkyl halides is 3. The number of hydrogen-bond acceptors (Lipinski definition) is 3. The van der Waals surface area contributed by atoms with Gasteiger partial charge in [0.05, 0.1) is 12.2 Å². The average Bonchev–Trinajstić information content (AvgIpc) is 2.48. The van der Waals surface area contributed by atoms with Crippen LogP contribution in [-0.4, -0.2) is 17.1 Å². The molecule has 0 spiro atoms. The van der Waals surface area contributed by atoms with E-state index in [9.17, 15) is 22.8 Å². The van der Waals surface area contributed by atoms with Gasteiger partial charge in [0.1, 0.15) is 5.56 Å². The highest BCUT2D eigenvalue weighted by Gasteiger charge is 2.30. The molecule has 2 rings (SSSR count). The summed E-state index contributed by atoms with van der Waals surface area (Å²) in [5, 5.41) is 0. The first-order valence-electron chi connectivity index (χ1n) is 6.79. The Morgan fingerprint density at radius 1 is 1.26 bits per heavy atom. The molecule has 0 aliphatic carbocycles. The van der Waals surface area contributed by atoms with E-state index in [1.807, 2.05) is 0 Å². The molecule has 122 valence electrons. The normalized spacial score (nSPS) is 11.3. The number of benzene rings is 1. The van der Waals surface area contributed by atoms with Gasteiger partial charge in [0.25, 0.3) is 0 Å². The van der Waals surface area contributed by atoms with Crippen LogP contribution in [0, 0.1) is 0 Å². The van der Waals surface area contributed by atoms with Gasteiger partial charge >= 0.3 is 12.1 Å². The second kappa shape index (κ2) is 6.28. The zero-order valence-electron chi connectivity index (χ0n) is 12.5. The minimum Gasteiger partial charge on any atom is -0.462 e. The minimum absolute atomic E-state index is 0.00385. The Morgan fingerprint density at radius 2 is 1.96 bits per heavy atom. The highest BCUT2D eigenvalue weighted by atomic mass is 19.4. The van der Waals surface area contributed by atoms with E-state index in [2.05, 4.69) is 0 Å². The van der Waals surface area contributed by atoms with Crippen molar-refractivity contribution in [3.63, 3.8) is 0 Å². The molecule has 4 nitrogen and oxygen atoms in total. The number of rotatable bonds is 3. The molecule has 0 unspecified atom stereocenters. The zero-order chi connectivity index (χ0) is 17.2. The Bertz CT molecular complexity index is 794. The smallest absolute Gasteiger partial charge is 0.416 e. The van der Waals surface area contributed by atoms with Crippen molar-refractivity contribution in [2.75, 3.05) is 6.61 Å². The van der Waals surface area contributed by atoms with Gasteiger partial charge in [0.2, 0.25) is 5.43 Å². The SMILES string of the molecule is CCOC(=O)c1cn(C)cc(-c2cccc(C(F)(F)F)c2)c1=O. The Balaban J connectivity index is 2.61. The number of aryl methyl sites for hydroxylation is 1. The van der Waals surface area contributed by atoms with Gasteiger partial charge in [0, 0.05) is 25.0 Å². The van der Waals surface area contributed by atoms with Gasteiger partial charge < -0.3 is 9.30 Å². The van der Waals surface area contributed by atoms with Crippen molar-refractivity contribution in [2.24, 2.45) is 7.05 Å². The maximum Gasteiger partial charge on any atom is 0.416 e. The lowest BCUT2D eigenvalue weighted by molar-refractivity contribution is -0.137. The van der Waals surface area contributed by atoms with Crippen LogP contribution in [0.1, 0.15) is 22.8 Å². The monoisotopic (exact) mass is 325 g/mol. The lowest BCUT2D eigenvalue weighted by Gasteiger charge is -2.11. The maximum atomic E-state index is 12.8. The highest BCUT2D eigenvalue weighted by molar-refractivity contribution is 5.90. The van der Waals surface area contributed by atoms with Crippen LogP contribution >= 0.6 is 0 Å². The number of pyridine rings is 1. The lowest BCUT2D eigenvalue weighted by Crippen LogP contribution is -2.21. The van der Waals surface area contributed by atoms with E-state index in [1.54, 1.807) is 14.0 Å². The third-order valence-electron chi connectivity index (χ3n) is 3.15. The summed E-state index contributed by atoms with van der Waals surface area (Å²) in [7, 11) is 1.57. The molecule has 0 aliphatic rings. The number of esters is 1. The summed E-state index contributed by atoms with van der Waals surface area (Å²) in [5.74, 6) is -0.804. The van der Waals surface area contributed by atoms with Gasteiger partial charge in [-0.1, -0.05) is 12.1 Å². The quantitative estimate of drug-likeness (QED) is 0.814. The van der Waals surface area contributed by atoms with E-state index in [1.165, 1.54) is 29.1 Å². The summed E-state index contributed by atoms with van der Waals surface area (Å²) < 4.78 is 44.7. The van der Waals surface area contributed by atoms with Gasteiger partial charge in [0.15, 0.2) is 0 Å². The van der Waals surface area contributed by atoms with Crippen LogP contribution in [-0.2, 0) is 18.0 Å². The van der Waals surface area contributed by atoms with E-state index in [4.69, 9.17) is 4.74 Å². The molecule has 0 aliphatic heterocycles. The molecule has 0 saturated carbocycles. The summed E-state index contributed by atoms with van der Waals surface area (Å²) in [6.45, 7) is 1.69. The first-order valence-corrected chi connectivity index (χ1v) is 6.79. The van der Waals surface area contributed by atoms with Gasteiger partial charge in [-0.05, 0) is 24.6 Å². The largest absolute Gasteiger partial charge is 0.462 e. The van der Waals surface area contributed by atoms with Crippen LogP contribution in [0.25, 0.3) is 11.1 Å². The van der Waals surface area contributed by atoms with Crippen molar-refractivity contribution in [1.29, 1.82) is 0 Å². The van der Waals surface area contributed by atoms with E-state index in [0.717, 1.165) is 12.1 Å². The van der Waals surface area contributed by atoms with Crippen LogP contribution in [0.15, 0.2) is 41.5 Å². The molecular weight excluding hydrogens is 311 g/mol. The summed E-state index contributed by atoms with van der Waals surface area (Å²) in [6, 6.07) is 4.41. The van der Waals surface area contributed by atoms with E-state index in [0.29, 0.717) is 0 Å². The molecule has 1 aromatic heterocycles. The second-order valence-electron chi connectivity index (χ2n) is 4.88. The van der Waals surface area contributed by atoms with Crippen molar-refractivity contribution in [1.82, 2.24) is 4.57 Å². The van der Waals surface area contributed by atoms with Crippen LogP contribution in [0.3, 0.4) is 0 Å². The predicted octanol–water partition coefficient (Wildman–Crippen LogP) is 3.25. The second-order valence-corrected chi connectivity index (χ2v) is 4.88. The van der Waals surface area contributed by atoms with Gasteiger partial charge in [-0.15, -0.1) is 0 Å². The molecule has 0 bridgehead atoms. The van der Waals surface area contributed by atoms with Crippen LogP contribution < -0.4 is 5.43 Å². The highest BCUT2D eigenvalue weighted by Crippen LogP contribution is 2.31. The van der Waals surface area contributed by atoms with Crippen LogP contribution in [0.5, 0.6) is 0 Å². The van der Waals surface area contributed by atoms with Gasteiger partial charge in [-0.2, -0.15) is 13.2 Å². The van der Waals surface area contributed by atoms with Crippen molar-refractivity contribution >= 4 is 5.97 Å². The topological polar surface area (TPSA) is 48.3 Å². The first kappa shape index (κ1) is 16.8. The summed E-state index contributed by atoms with van der Waals surface area (Å²) in [6.07, 6.45) is -1.85. The standard InChI is InChI=1S/C16H14F3NO3/c1-3-23-15(22)13-9-20(2)8-12(14(13)21)10-5-4-6-11(7-10)16(17,18)19/h4-9H,3H2,1-2H3. The fraction of sp³-hybridized carbons (Fsp3) is 0.250. The van der Waals surface area contributed by atoms with Crippen LogP contribution in [0.4, 0.5) is 13.2 Å². The Morgan fingerprint density at radius 3 is 2.57 bits per heavy atom. The minimum atomic E-state index is -4.51. The number of ether oxygens (including phenoxy) is 1. The molecule has 0 N–H and O–H groups in total. The molecule has 1 aromatic carbocycles. The Labute approximate surface area is 130 Å². The first-order chi connectivity index (χ1) is 10.7. The predicted molar refractivity (Wildman–Crippen MR) is 78.1 cm³/mol. The number of halogens is 3. The van der Waals surface area contributed by atoms with E-state index < -0.39 is 23.1 Å². The third-order valence-corrected chi connectivity index (χ3v) is 3.15. The summed E-state index contributed by atoms with van der Waals surface area (Å²) >= 11 is 0. The number of aromatic nitrogens is 1. The van der Waals surface area contributed by atoms with Crippen LogP contribution in [0.2, 0.25) is 0 Å².